The zero-order valence-corrected chi connectivity index (χ0v) is 21.5. The average Bonchev–Trinajstić information content (AvgIpc) is 3.31. The Labute approximate surface area is 214 Å². The summed E-state index contributed by atoms with van der Waals surface area (Å²) in [6.07, 6.45) is 1.48. The van der Waals surface area contributed by atoms with Gasteiger partial charge in [-0.25, -0.2) is 12.8 Å². The van der Waals surface area contributed by atoms with E-state index in [9.17, 15) is 17.6 Å². The van der Waals surface area contributed by atoms with Gasteiger partial charge in [0, 0.05) is 38.3 Å². The van der Waals surface area contributed by atoms with Crippen LogP contribution in [0.15, 0.2) is 64.6 Å². The molecule has 1 saturated heterocycles. The fourth-order valence-corrected chi connectivity index (χ4v) is 6.39. The van der Waals surface area contributed by atoms with Crippen molar-refractivity contribution in [1.82, 2.24) is 19.1 Å². The number of halogens is 1. The Kier molecular flexibility index (Phi) is 8.72. The van der Waals surface area contributed by atoms with E-state index in [1.807, 2.05) is 4.57 Å². The number of piperidine rings is 1. The van der Waals surface area contributed by atoms with Crippen molar-refractivity contribution in [1.29, 1.82) is 0 Å². The Hall–Kier alpha value is -2.80. The first-order valence-electron chi connectivity index (χ1n) is 11.5. The maximum absolute atomic E-state index is 13.2. The summed E-state index contributed by atoms with van der Waals surface area (Å²) >= 11 is 1.23. The lowest BCUT2D eigenvalue weighted by molar-refractivity contribution is -0.113. The van der Waals surface area contributed by atoms with Crippen molar-refractivity contribution < 1.29 is 22.3 Å². The van der Waals surface area contributed by atoms with Gasteiger partial charge in [0.05, 0.1) is 17.3 Å². The number of rotatable bonds is 10. The number of hydrogen-bond acceptors (Lipinski definition) is 7. The van der Waals surface area contributed by atoms with Crippen LogP contribution in [0.2, 0.25) is 0 Å². The molecule has 4 rings (SSSR count). The van der Waals surface area contributed by atoms with E-state index in [1.165, 1.54) is 40.3 Å². The first kappa shape index (κ1) is 26.3. The third-order valence-corrected chi connectivity index (χ3v) is 8.70. The van der Waals surface area contributed by atoms with E-state index in [0.29, 0.717) is 49.3 Å². The molecule has 0 bridgehead atoms. The lowest BCUT2D eigenvalue weighted by atomic mass is 9.99. The maximum Gasteiger partial charge on any atom is 0.243 e. The Balaban J connectivity index is 1.47. The topological polar surface area (TPSA) is 106 Å². The van der Waals surface area contributed by atoms with Crippen molar-refractivity contribution >= 4 is 33.4 Å². The van der Waals surface area contributed by atoms with Crippen molar-refractivity contribution in [3.8, 4) is 0 Å². The summed E-state index contributed by atoms with van der Waals surface area (Å²) in [5, 5.41) is 12.0. The van der Waals surface area contributed by atoms with E-state index >= 15 is 0 Å². The van der Waals surface area contributed by atoms with Crippen LogP contribution in [0.5, 0.6) is 0 Å². The molecule has 2 aromatic carbocycles. The average molecular weight is 534 g/mol. The quantitative estimate of drug-likeness (QED) is 0.398. The third-order valence-electron chi connectivity index (χ3n) is 5.86. The van der Waals surface area contributed by atoms with Crippen molar-refractivity contribution in [3.05, 3.63) is 66.2 Å². The van der Waals surface area contributed by atoms with Gasteiger partial charge >= 0.3 is 0 Å². The van der Waals surface area contributed by atoms with Gasteiger partial charge in [-0.2, -0.15) is 4.31 Å². The van der Waals surface area contributed by atoms with Crippen LogP contribution < -0.4 is 5.32 Å². The number of sulfonamides is 1. The van der Waals surface area contributed by atoms with Crippen LogP contribution in [0.1, 0.15) is 24.6 Å². The van der Waals surface area contributed by atoms with E-state index in [2.05, 4.69) is 15.5 Å². The van der Waals surface area contributed by atoms with Gasteiger partial charge in [0.2, 0.25) is 15.9 Å². The Morgan fingerprint density at radius 1 is 1.17 bits per heavy atom. The van der Waals surface area contributed by atoms with E-state index in [-0.39, 0.29) is 28.3 Å². The predicted molar refractivity (Wildman–Crippen MR) is 135 cm³/mol. The standard InChI is InChI=1S/C24H28FN5O4S2/c1-34-15-14-30-23(18-6-5-13-29(16-18)36(32,33)21-7-3-2-4-8-21)27-28-24(30)35-17-22(31)26-20-11-9-19(25)10-12-20/h2-4,7-12,18H,5-6,13-17H2,1H3,(H,26,31). The van der Waals surface area contributed by atoms with Crippen molar-refractivity contribution in [2.45, 2.75) is 35.4 Å². The van der Waals surface area contributed by atoms with E-state index < -0.39 is 10.0 Å². The summed E-state index contributed by atoms with van der Waals surface area (Å²) < 4.78 is 48.1. The molecule has 1 N–H and O–H groups in total. The van der Waals surface area contributed by atoms with Gasteiger partial charge in [-0.05, 0) is 49.2 Å². The molecule has 3 aromatic rings. The number of hydrogen-bond donors (Lipinski definition) is 1. The molecular weight excluding hydrogens is 505 g/mol. The molecule has 1 unspecified atom stereocenters. The molecule has 0 aliphatic carbocycles. The van der Waals surface area contributed by atoms with Gasteiger partial charge in [-0.3, -0.25) is 4.79 Å². The summed E-state index contributed by atoms with van der Waals surface area (Å²) in [6.45, 7) is 1.64. The molecule has 36 heavy (non-hydrogen) atoms. The molecule has 0 spiro atoms. The van der Waals surface area contributed by atoms with Gasteiger partial charge in [-0.15, -0.1) is 10.2 Å². The second-order valence-corrected chi connectivity index (χ2v) is 11.2. The first-order valence-corrected chi connectivity index (χ1v) is 14.0. The van der Waals surface area contributed by atoms with Crippen LogP contribution >= 0.6 is 11.8 Å². The van der Waals surface area contributed by atoms with Gasteiger partial charge in [-0.1, -0.05) is 30.0 Å². The molecule has 2 heterocycles. The van der Waals surface area contributed by atoms with Crippen LogP contribution in [0.4, 0.5) is 10.1 Å². The van der Waals surface area contributed by atoms with Crippen molar-refractivity contribution in [2.24, 2.45) is 0 Å². The fraction of sp³-hybridized carbons (Fsp3) is 0.375. The highest BCUT2D eigenvalue weighted by molar-refractivity contribution is 7.99. The monoisotopic (exact) mass is 533 g/mol. The van der Waals surface area contributed by atoms with Crippen LogP contribution in [0, 0.1) is 5.82 Å². The maximum atomic E-state index is 13.2. The first-order chi connectivity index (χ1) is 17.4. The zero-order chi connectivity index (χ0) is 25.5. The number of carbonyl (C=O) groups is 1. The molecular formula is C24H28FN5O4S2. The molecule has 0 saturated carbocycles. The SMILES string of the molecule is COCCn1c(SCC(=O)Nc2ccc(F)cc2)nnc1C1CCCN(S(=O)(=O)c2ccccc2)C1. The second-order valence-electron chi connectivity index (χ2n) is 8.34. The van der Waals surface area contributed by atoms with Crippen LogP contribution in [-0.4, -0.2) is 66.0 Å². The minimum absolute atomic E-state index is 0.0850. The van der Waals surface area contributed by atoms with Crippen LogP contribution in [0.25, 0.3) is 0 Å². The summed E-state index contributed by atoms with van der Waals surface area (Å²) in [7, 11) is -2.01. The normalized spacial score (nSPS) is 16.7. The number of nitrogens with zero attached hydrogens (tertiary/aromatic N) is 4. The van der Waals surface area contributed by atoms with Gasteiger partial charge in [0.1, 0.15) is 11.6 Å². The van der Waals surface area contributed by atoms with Gasteiger partial charge < -0.3 is 14.6 Å². The number of benzene rings is 2. The zero-order valence-electron chi connectivity index (χ0n) is 19.8. The lowest BCUT2D eigenvalue weighted by Gasteiger charge is -2.31. The molecule has 1 aliphatic rings. The molecule has 1 fully saturated rings. The number of carbonyl (C=O) groups excluding carboxylic acids is 1. The van der Waals surface area contributed by atoms with E-state index in [0.717, 1.165) is 6.42 Å². The molecule has 1 atom stereocenters. The molecule has 1 aliphatic heterocycles. The number of amides is 1. The van der Waals surface area contributed by atoms with Crippen molar-refractivity contribution in [2.75, 3.05) is 37.9 Å². The lowest BCUT2D eigenvalue weighted by Crippen LogP contribution is -2.39. The highest BCUT2D eigenvalue weighted by Crippen LogP contribution is 2.31. The highest BCUT2D eigenvalue weighted by atomic mass is 32.2. The number of ether oxygens (including phenoxy) is 1. The Morgan fingerprint density at radius 2 is 1.92 bits per heavy atom. The number of methoxy groups -OCH3 is 1. The minimum atomic E-state index is -3.61. The molecule has 192 valence electrons. The van der Waals surface area contributed by atoms with Crippen LogP contribution in [-0.2, 0) is 26.1 Å². The summed E-state index contributed by atoms with van der Waals surface area (Å²) in [5.41, 5.74) is 0.505. The summed E-state index contributed by atoms with van der Waals surface area (Å²) in [6, 6.07) is 14.0. The minimum Gasteiger partial charge on any atom is -0.383 e. The summed E-state index contributed by atoms with van der Waals surface area (Å²) in [5.74, 6) is -0.00142. The molecule has 1 aromatic heterocycles. The van der Waals surface area contributed by atoms with Gasteiger partial charge in [0.15, 0.2) is 5.16 Å². The predicted octanol–water partition coefficient (Wildman–Crippen LogP) is 3.36. The van der Waals surface area contributed by atoms with E-state index in [4.69, 9.17) is 4.74 Å². The summed E-state index contributed by atoms with van der Waals surface area (Å²) in [4.78, 5) is 12.7. The highest BCUT2D eigenvalue weighted by Gasteiger charge is 2.33. The van der Waals surface area contributed by atoms with Crippen molar-refractivity contribution in [3.63, 3.8) is 0 Å². The smallest absolute Gasteiger partial charge is 0.243 e. The number of aromatic nitrogens is 3. The molecule has 9 nitrogen and oxygen atoms in total. The fourth-order valence-electron chi connectivity index (χ4n) is 4.07. The molecule has 0 radical (unpaired) electrons. The molecule has 12 heteroatoms. The number of thioether (sulfide) groups is 1. The second kappa shape index (κ2) is 12.0. The van der Waals surface area contributed by atoms with Gasteiger partial charge in [0.25, 0.3) is 0 Å². The number of anilines is 1. The Morgan fingerprint density at radius 3 is 2.64 bits per heavy atom. The Bertz CT molecular complexity index is 1270. The van der Waals surface area contributed by atoms with E-state index in [1.54, 1.807) is 37.4 Å². The van der Waals surface area contributed by atoms with Crippen LogP contribution in [0.3, 0.4) is 0 Å². The largest absolute Gasteiger partial charge is 0.383 e. The molecule has 1 amide bonds. The number of nitrogens with one attached hydrogen (secondary N) is 1. The third kappa shape index (κ3) is 6.30.